The minimum atomic E-state index is -1.42. The highest BCUT2D eigenvalue weighted by molar-refractivity contribution is 7.14. The number of piperidine rings is 1. The van der Waals surface area contributed by atoms with Gasteiger partial charge in [-0.1, -0.05) is 63.8 Å². The number of nitrogens with one attached hydrogen (secondary N) is 3. The number of hydrogen-bond donors (Lipinski definition) is 4. The van der Waals surface area contributed by atoms with Crippen LogP contribution in [0.5, 0.6) is 11.5 Å². The molecule has 5 aliphatic rings. The molecule has 7 atom stereocenters. The van der Waals surface area contributed by atoms with Gasteiger partial charge < -0.3 is 40.2 Å². The summed E-state index contributed by atoms with van der Waals surface area (Å²) in [5.41, 5.74) is 0.641. The van der Waals surface area contributed by atoms with Crippen molar-refractivity contribution in [3.05, 3.63) is 40.3 Å². The highest BCUT2D eigenvalue weighted by atomic mass is 35.5. The first-order chi connectivity index (χ1) is 30.0. The fraction of sp³-hybridized carbons (Fsp3) is 0.609. The number of carboxylic acid groups (broad SMARTS) is 1. The zero-order valence-electron chi connectivity index (χ0n) is 37.0. The number of nitrogens with zero attached hydrogens (tertiary/aromatic N) is 4. The molecule has 2 aromatic heterocycles. The number of pyridine rings is 1. The molecule has 17 heteroatoms. The van der Waals surface area contributed by atoms with E-state index in [1.165, 1.54) is 41.1 Å². The number of halogens is 1. The number of carboxylic acids is 1. The first-order valence-corrected chi connectivity index (χ1v) is 23.7. The van der Waals surface area contributed by atoms with Crippen molar-refractivity contribution in [1.82, 2.24) is 30.4 Å². The van der Waals surface area contributed by atoms with E-state index in [1.54, 1.807) is 12.1 Å². The van der Waals surface area contributed by atoms with Crippen LogP contribution < -0.4 is 25.4 Å². The molecule has 0 bridgehead atoms. The summed E-state index contributed by atoms with van der Waals surface area (Å²) < 4.78 is 18.8. The Hall–Kier alpha value is -4.67. The average molecular weight is 907 g/mol. The maximum Gasteiger partial charge on any atom is 0.408 e. The first kappa shape index (κ1) is 44.9. The summed E-state index contributed by atoms with van der Waals surface area (Å²) >= 11 is 8.58. The van der Waals surface area contributed by atoms with Crippen LogP contribution in [-0.4, -0.2) is 117 Å². The number of carbonyl (C=O) groups is 4. The SMILES string of the molecule is CC[C@@H]1C[C@]1(NC(=O)[C@@H]1C[C@@H](Oc2cc(-c3csc(NC(C)C)n3)nc3c(Cl)c(OCCN4CCCCC4)ccc23)CN1C(=O)[C@@H](NC(=O)O[C@H]1CC2=C[C@H]2C1)C(C)(C)C)C(=O)O. The lowest BCUT2D eigenvalue weighted by Crippen LogP contribution is -2.59. The van der Waals surface area contributed by atoms with Gasteiger partial charge >= 0.3 is 12.1 Å². The van der Waals surface area contributed by atoms with Crippen molar-refractivity contribution in [1.29, 1.82) is 0 Å². The number of hydrogen-bond acceptors (Lipinski definition) is 12. The van der Waals surface area contributed by atoms with Gasteiger partial charge in [-0.25, -0.2) is 19.6 Å². The van der Waals surface area contributed by atoms with Crippen molar-refractivity contribution >= 4 is 62.8 Å². The van der Waals surface area contributed by atoms with Crippen molar-refractivity contribution in [2.24, 2.45) is 17.3 Å². The number of aliphatic carboxylic acids is 1. The molecule has 2 saturated carbocycles. The van der Waals surface area contributed by atoms with Crippen LogP contribution in [0.1, 0.15) is 92.9 Å². The van der Waals surface area contributed by atoms with Gasteiger partial charge in [-0.2, -0.15) is 0 Å². The van der Waals surface area contributed by atoms with Crippen LogP contribution in [0.3, 0.4) is 0 Å². The monoisotopic (exact) mass is 905 g/mol. The highest BCUT2D eigenvalue weighted by Gasteiger charge is 2.61. The van der Waals surface area contributed by atoms with E-state index in [9.17, 15) is 24.3 Å². The fourth-order valence-electron chi connectivity index (χ4n) is 9.36. The Morgan fingerprint density at radius 1 is 1.05 bits per heavy atom. The van der Waals surface area contributed by atoms with Gasteiger partial charge in [0.1, 0.15) is 58.7 Å². The largest absolute Gasteiger partial charge is 0.491 e. The number of fused-ring (bicyclic) bond motifs is 2. The predicted octanol–water partition coefficient (Wildman–Crippen LogP) is 7.27. The van der Waals surface area contributed by atoms with Crippen molar-refractivity contribution in [2.75, 3.05) is 38.1 Å². The molecule has 2 aliphatic heterocycles. The van der Waals surface area contributed by atoms with Crippen LogP contribution in [0.25, 0.3) is 22.3 Å². The Labute approximate surface area is 377 Å². The Morgan fingerprint density at radius 3 is 2.49 bits per heavy atom. The van der Waals surface area contributed by atoms with Gasteiger partial charge in [0.15, 0.2) is 5.13 Å². The number of aromatic nitrogens is 2. The van der Waals surface area contributed by atoms with E-state index in [-0.39, 0.29) is 31.0 Å². The van der Waals surface area contributed by atoms with Gasteiger partial charge in [-0.15, -0.1) is 11.3 Å². The lowest BCUT2D eigenvalue weighted by Gasteiger charge is -2.35. The maximum atomic E-state index is 14.8. The maximum absolute atomic E-state index is 14.8. The highest BCUT2D eigenvalue weighted by Crippen LogP contribution is 2.47. The van der Waals surface area contributed by atoms with Crippen LogP contribution in [0.15, 0.2) is 35.2 Å². The third-order valence-electron chi connectivity index (χ3n) is 13.0. The van der Waals surface area contributed by atoms with Crippen LogP contribution in [0.2, 0.25) is 5.02 Å². The van der Waals surface area contributed by atoms with Gasteiger partial charge in [-0.05, 0) is 76.1 Å². The van der Waals surface area contributed by atoms with E-state index in [2.05, 4.69) is 26.9 Å². The average Bonchev–Trinajstić information content (AvgIpc) is 3.91. The zero-order chi connectivity index (χ0) is 44.8. The molecule has 0 spiro atoms. The molecule has 1 aromatic carbocycles. The standard InChI is InChI=1S/C46H60ClN7O8S/c1-7-28-22-46(28,42(57)58)52-40(55)34-20-30(23-54(34)41(56)39(45(4,5)6)51-44(59)62-29-18-26-17-27(26)19-29)61-36-21-32(33-24-63-43(50-33)48-25(2)3)49-38-31(36)11-12-35(37(38)47)60-16-15-53-13-9-8-10-14-53/h11-12,17,21,24-26,28-30,34,39H,7-10,13-16,18-20,22-23H2,1-6H3,(H,48,50)(H,51,59)(H,52,55)(H,57,58)/t26-,28+,29+,30+,34-,39+,46+/m0/s1. The third-order valence-corrected chi connectivity index (χ3v) is 14.2. The Morgan fingerprint density at radius 2 is 1.83 bits per heavy atom. The molecular weight excluding hydrogens is 846 g/mol. The number of thiazole rings is 1. The lowest BCUT2D eigenvalue weighted by molar-refractivity contribution is -0.146. The number of amides is 3. The first-order valence-electron chi connectivity index (χ1n) is 22.4. The van der Waals surface area contributed by atoms with Gasteiger partial charge in [-0.3, -0.25) is 14.5 Å². The molecule has 0 unspecified atom stereocenters. The molecular formula is C46H60ClN7O8S. The van der Waals surface area contributed by atoms with E-state index in [0.717, 1.165) is 31.2 Å². The van der Waals surface area contributed by atoms with Crippen LogP contribution in [0, 0.1) is 17.3 Å². The van der Waals surface area contributed by atoms with Crippen molar-refractivity contribution in [2.45, 2.75) is 129 Å². The van der Waals surface area contributed by atoms with Crippen molar-refractivity contribution in [3.63, 3.8) is 0 Å². The van der Waals surface area contributed by atoms with Crippen molar-refractivity contribution < 1.29 is 38.5 Å². The number of ether oxygens (including phenoxy) is 3. The number of allylic oxidation sites excluding steroid dienone is 1. The quantitative estimate of drug-likeness (QED) is 0.106. The molecule has 15 nitrogen and oxygen atoms in total. The summed E-state index contributed by atoms with van der Waals surface area (Å²) in [6.45, 7) is 14.8. The Kier molecular flexibility index (Phi) is 12.9. The van der Waals surface area contributed by atoms with Crippen LogP contribution in [-0.2, 0) is 19.1 Å². The van der Waals surface area contributed by atoms with Gasteiger partial charge in [0, 0.05) is 48.2 Å². The van der Waals surface area contributed by atoms with Gasteiger partial charge in [0.05, 0.1) is 17.8 Å². The van der Waals surface area contributed by atoms with Crippen LogP contribution >= 0.6 is 22.9 Å². The molecule has 4 heterocycles. The molecule has 2 saturated heterocycles. The summed E-state index contributed by atoms with van der Waals surface area (Å²) in [6, 6.07) is 3.43. The van der Waals surface area contributed by atoms with Crippen molar-refractivity contribution in [3.8, 4) is 22.9 Å². The molecule has 63 heavy (non-hydrogen) atoms. The Balaban J connectivity index is 1.09. The summed E-state index contributed by atoms with van der Waals surface area (Å²) in [5.74, 6) is -1.14. The van der Waals surface area contributed by atoms with E-state index >= 15 is 0 Å². The molecule has 3 aliphatic carbocycles. The summed E-state index contributed by atoms with van der Waals surface area (Å²) in [5, 5.41) is 22.8. The van der Waals surface area contributed by atoms with E-state index in [4.69, 9.17) is 35.8 Å². The van der Waals surface area contributed by atoms with E-state index in [0.29, 0.717) is 70.6 Å². The molecule has 0 radical (unpaired) electrons. The van der Waals surface area contributed by atoms with E-state index < -0.39 is 53.0 Å². The predicted molar refractivity (Wildman–Crippen MR) is 241 cm³/mol. The zero-order valence-corrected chi connectivity index (χ0v) is 38.6. The smallest absolute Gasteiger partial charge is 0.408 e. The molecule has 8 rings (SSSR count). The normalized spacial score (nSPS) is 25.9. The fourth-order valence-corrected chi connectivity index (χ4v) is 10.5. The number of carbonyl (C=O) groups excluding carboxylic acids is 3. The summed E-state index contributed by atoms with van der Waals surface area (Å²) in [4.78, 5) is 68.6. The third kappa shape index (κ3) is 9.87. The number of anilines is 1. The Bertz CT molecular complexity index is 2270. The summed E-state index contributed by atoms with van der Waals surface area (Å²) in [6.07, 6.45) is 6.42. The second-order valence-electron chi connectivity index (χ2n) is 19.2. The van der Waals surface area contributed by atoms with E-state index in [1.807, 2.05) is 53.0 Å². The molecule has 340 valence electrons. The van der Waals surface area contributed by atoms with Gasteiger partial charge in [0.2, 0.25) is 11.8 Å². The topological polar surface area (TPSA) is 185 Å². The van der Waals surface area contributed by atoms with Crippen LogP contribution in [0.4, 0.5) is 9.93 Å². The number of likely N-dealkylation sites (tertiary alicyclic amines) is 2. The minimum absolute atomic E-state index is 0.0281. The molecule has 4 N–H and O–H groups in total. The number of alkyl carbamates (subject to hydrolysis) is 1. The minimum Gasteiger partial charge on any atom is -0.491 e. The number of benzene rings is 1. The second kappa shape index (κ2) is 18.1. The van der Waals surface area contributed by atoms with Gasteiger partial charge in [0.25, 0.3) is 0 Å². The molecule has 3 aromatic rings. The second-order valence-corrected chi connectivity index (χ2v) is 20.4. The molecule has 4 fully saturated rings. The molecule has 3 amide bonds. The number of rotatable bonds is 16. The summed E-state index contributed by atoms with van der Waals surface area (Å²) in [7, 11) is 0. The lowest BCUT2D eigenvalue weighted by atomic mass is 9.85.